The fourth-order valence-electron chi connectivity index (χ4n) is 10.6. The standard InChI is InChI=1S/C57H61N9O16S/c1-25-44(71)20-36(27(3)67)49(73)64-42-23-83-53-37(32-7-5-6-8-39(32)65-53)19-40(62-48(72)26(2)60-52(76)43-16-31(70)22-66(43)54(42)77)50(74)63-41(51(75)59-25)21-57(4,81)24-58-56(80)61-28-9-12-33(38(15-28)55(78)79)47-34-13-10-29(68)17-45(34)82-46-18-30(69)11-14-35(46)47/h5-15,17-18,25-27,31,36,40-43,65,67-68,70,81H,16,19-24H2,1-4H3,(H,59,75)(H,60,76)(H,62,72)(H,63,74)(H,64,73)(H,78,79)(H2,58,61,80)/t25-,26+,27+,31-,36+,40+,41-,42+,43-,57+/m1/s1. The van der Waals surface area contributed by atoms with E-state index in [1.165, 1.54) is 82.3 Å². The molecule has 25 nitrogen and oxygen atoms in total. The Morgan fingerprint density at radius 3 is 2.28 bits per heavy atom. The smallest absolute Gasteiger partial charge is 0.336 e. The van der Waals surface area contributed by atoms with Gasteiger partial charge in [-0.2, -0.15) is 0 Å². The minimum Gasteiger partial charge on any atom is -0.508 e. The van der Waals surface area contributed by atoms with Gasteiger partial charge in [0.2, 0.25) is 35.4 Å². The molecule has 0 radical (unpaired) electrons. The van der Waals surface area contributed by atoms with Crippen LogP contribution in [-0.2, 0) is 40.0 Å². The predicted molar refractivity (Wildman–Crippen MR) is 300 cm³/mol. The minimum absolute atomic E-state index is 0.0134. The number of H-pyrrole nitrogens is 1. The summed E-state index contributed by atoms with van der Waals surface area (Å²) in [4.78, 5) is 143. The van der Waals surface area contributed by atoms with Gasteiger partial charge in [-0.1, -0.05) is 24.3 Å². The monoisotopic (exact) mass is 1160 g/mol. The van der Waals surface area contributed by atoms with E-state index in [1.807, 2.05) is 0 Å². The molecule has 4 aliphatic heterocycles. The lowest BCUT2D eigenvalue weighted by Gasteiger charge is -2.31. The summed E-state index contributed by atoms with van der Waals surface area (Å²) in [5.74, 6) is -9.28. The number of hydrogen-bond donors (Lipinski definition) is 13. The first-order valence-electron chi connectivity index (χ1n) is 26.6. The molecule has 4 aromatic rings. The number of rotatable bonds is 8. The Hall–Kier alpha value is -8.85. The first-order chi connectivity index (χ1) is 39.3. The number of para-hydroxylation sites is 1. The van der Waals surface area contributed by atoms with Crippen LogP contribution in [0.5, 0.6) is 5.75 Å². The number of nitrogens with zero attached hydrogens (tertiary/aromatic N) is 1. The molecule has 1 aromatic heterocycles. The molecule has 8 amide bonds. The SMILES string of the molecule is C[C@@H]1NC(=O)[C@H]2C[C@@H](O)CN2C(=O)[C@@H]2CSc3[nH]c4ccccc4c3C[C@H](NC1=O)C(=O)N[C@H](C[C@](C)(O)CNC(=O)Nc1ccc(-c3c4ccc(=O)cc-4oc4cc(O)ccc34)c(C(=O)O)c1)C(=O)N[C@H](C)C(=O)C[C@@H]([C@H](C)O)C(=O)N2. The third kappa shape index (κ3) is 12.9. The summed E-state index contributed by atoms with van der Waals surface area (Å²) in [5.41, 5.74) is -0.652. The van der Waals surface area contributed by atoms with E-state index < -0.39 is 133 Å². The molecule has 2 bridgehead atoms. The summed E-state index contributed by atoms with van der Waals surface area (Å²) in [6, 6.07) is 9.48. The third-order valence-electron chi connectivity index (χ3n) is 15.0. The van der Waals surface area contributed by atoms with Crippen molar-refractivity contribution in [3.05, 3.63) is 100 Å². The highest BCUT2D eigenvalue weighted by molar-refractivity contribution is 7.99. The zero-order valence-corrected chi connectivity index (χ0v) is 46.1. The van der Waals surface area contributed by atoms with Gasteiger partial charge in [0, 0.05) is 89.8 Å². The maximum atomic E-state index is 14.9. The molecule has 1 fully saturated rings. The number of phenolic OH excluding ortho intramolecular Hbond substituents is 1. The largest absolute Gasteiger partial charge is 0.508 e. The molecule has 10 atom stereocenters. The summed E-state index contributed by atoms with van der Waals surface area (Å²) < 4.78 is 5.91. The first-order valence-corrected chi connectivity index (χ1v) is 27.6. The van der Waals surface area contributed by atoms with Crippen LogP contribution >= 0.6 is 11.8 Å². The molecule has 26 heteroatoms. The van der Waals surface area contributed by atoms with Crippen LogP contribution < -0.4 is 42.6 Å². The highest BCUT2D eigenvalue weighted by Crippen LogP contribution is 2.43. The number of fused-ring (bicyclic) bond motifs is 7. The average Bonchev–Trinajstić information content (AvgIpc) is 4.06. The molecule has 436 valence electrons. The number of anilines is 1. The number of hydrogen-bond acceptors (Lipinski definition) is 16. The van der Waals surface area contributed by atoms with Gasteiger partial charge in [0.1, 0.15) is 47.3 Å². The van der Waals surface area contributed by atoms with E-state index in [1.54, 1.807) is 24.3 Å². The number of carbonyl (C=O) groups is 9. The number of carbonyl (C=O) groups excluding carboxylic acids is 8. The number of aliphatic hydroxyl groups is 3. The van der Waals surface area contributed by atoms with Crippen LogP contribution in [-0.4, -0.2) is 162 Å². The Balaban J connectivity index is 1.02. The molecule has 0 saturated carbocycles. The van der Waals surface area contributed by atoms with Crippen LogP contribution in [0.4, 0.5) is 10.5 Å². The average molecular weight is 1160 g/mol. The first kappa shape index (κ1) is 58.8. The number of phenols is 1. The molecule has 9 rings (SSSR count). The van der Waals surface area contributed by atoms with Crippen molar-refractivity contribution in [2.75, 3.05) is 24.2 Å². The summed E-state index contributed by atoms with van der Waals surface area (Å²) in [7, 11) is 0. The highest BCUT2D eigenvalue weighted by Gasteiger charge is 2.44. The number of thioether (sulfide) groups is 1. The number of urea groups is 1. The maximum Gasteiger partial charge on any atom is 0.336 e. The molecule has 0 unspecified atom stereocenters. The maximum absolute atomic E-state index is 14.9. The number of benzene rings is 4. The van der Waals surface area contributed by atoms with Crippen LogP contribution in [0.3, 0.4) is 0 Å². The molecule has 0 spiro atoms. The molecule has 5 aliphatic rings. The molecule has 1 aliphatic carbocycles. The Kier molecular flexibility index (Phi) is 16.9. The second kappa shape index (κ2) is 23.9. The molecular formula is C57H61N9O16S. The zero-order chi connectivity index (χ0) is 59.8. The Labute approximate surface area is 476 Å². The quantitative estimate of drug-likeness (QED) is 0.0959. The van der Waals surface area contributed by atoms with Gasteiger partial charge in [-0.3, -0.25) is 38.4 Å². The van der Waals surface area contributed by atoms with Crippen molar-refractivity contribution >= 4 is 92.5 Å². The molecule has 13 N–H and O–H groups in total. The predicted octanol–water partition coefficient (Wildman–Crippen LogP) is 1.46. The van der Waals surface area contributed by atoms with E-state index >= 15 is 0 Å². The lowest BCUT2D eigenvalue weighted by molar-refractivity contribution is -0.143. The van der Waals surface area contributed by atoms with E-state index in [-0.39, 0.29) is 64.5 Å². The van der Waals surface area contributed by atoms with E-state index in [2.05, 4.69) is 42.2 Å². The number of aromatic amines is 1. The van der Waals surface area contributed by atoms with Crippen molar-refractivity contribution in [2.24, 2.45) is 5.92 Å². The van der Waals surface area contributed by atoms with E-state index in [0.717, 1.165) is 16.7 Å². The number of aromatic nitrogens is 1. The van der Waals surface area contributed by atoms with Crippen molar-refractivity contribution in [1.82, 2.24) is 41.8 Å². The van der Waals surface area contributed by atoms with Crippen molar-refractivity contribution in [3.8, 4) is 28.2 Å². The molecule has 83 heavy (non-hydrogen) atoms. The summed E-state index contributed by atoms with van der Waals surface area (Å²) in [5, 5.41) is 73.9. The minimum atomic E-state index is -2.08. The van der Waals surface area contributed by atoms with Gasteiger partial charge in [0.25, 0.3) is 0 Å². The number of aliphatic hydroxyl groups excluding tert-OH is 2. The normalized spacial score (nSPS) is 24.3. The zero-order valence-electron chi connectivity index (χ0n) is 45.2. The molecule has 1 saturated heterocycles. The number of carboxylic acid groups (broad SMARTS) is 1. The Morgan fingerprint density at radius 2 is 1.53 bits per heavy atom. The fraction of sp³-hybridized carbons (Fsp3) is 0.368. The van der Waals surface area contributed by atoms with Gasteiger partial charge in [-0.15, -0.1) is 11.8 Å². The fourth-order valence-corrected chi connectivity index (χ4v) is 11.7. The summed E-state index contributed by atoms with van der Waals surface area (Å²) in [6.07, 6.45) is -4.50. The molecular weight excluding hydrogens is 1100 g/mol. The van der Waals surface area contributed by atoms with Crippen LogP contribution in [0.15, 0.2) is 93.1 Å². The van der Waals surface area contributed by atoms with Gasteiger partial charge < -0.3 is 77.1 Å². The number of carboxylic acids is 1. The van der Waals surface area contributed by atoms with Crippen LogP contribution in [0.2, 0.25) is 0 Å². The topological polar surface area (TPSA) is 388 Å². The second-order valence-electron chi connectivity index (χ2n) is 21.4. The third-order valence-corrected chi connectivity index (χ3v) is 16.1. The lowest BCUT2D eigenvalue weighted by atomic mass is 9.90. The number of aromatic carboxylic acids is 1. The number of ketones is 1. The van der Waals surface area contributed by atoms with Crippen molar-refractivity contribution in [3.63, 3.8) is 0 Å². The van der Waals surface area contributed by atoms with E-state index in [9.17, 15) is 73.5 Å². The van der Waals surface area contributed by atoms with Crippen LogP contribution in [0.25, 0.3) is 44.3 Å². The summed E-state index contributed by atoms with van der Waals surface area (Å²) >= 11 is 1.06. The van der Waals surface area contributed by atoms with Crippen LogP contribution in [0, 0.1) is 5.92 Å². The van der Waals surface area contributed by atoms with Crippen molar-refractivity contribution in [1.29, 1.82) is 0 Å². The number of aromatic hydroxyl groups is 1. The number of amides is 8. The number of nitrogens with one attached hydrogen (secondary N) is 8. The van der Waals surface area contributed by atoms with Gasteiger partial charge in [-0.25, -0.2) is 9.59 Å². The van der Waals surface area contributed by atoms with E-state index in [4.69, 9.17) is 4.42 Å². The van der Waals surface area contributed by atoms with Gasteiger partial charge in [0.15, 0.2) is 11.2 Å². The van der Waals surface area contributed by atoms with Gasteiger partial charge in [-0.05, 0) is 81.3 Å². The number of Topliss-reactive ketones (excluding diaryl/α,β-unsaturated/α-hetero) is 1. The Bertz CT molecular complexity index is 3640. The van der Waals surface area contributed by atoms with Gasteiger partial charge >= 0.3 is 12.0 Å². The van der Waals surface area contributed by atoms with Gasteiger partial charge in [0.05, 0.1) is 40.4 Å². The van der Waals surface area contributed by atoms with E-state index in [0.29, 0.717) is 38.0 Å². The molecule has 3 aromatic carbocycles. The summed E-state index contributed by atoms with van der Waals surface area (Å²) in [6.45, 7) is 4.20. The highest BCUT2D eigenvalue weighted by atomic mass is 32.2. The second-order valence-corrected chi connectivity index (χ2v) is 22.5. The Morgan fingerprint density at radius 1 is 0.807 bits per heavy atom. The lowest BCUT2D eigenvalue weighted by Crippen LogP contribution is -2.60. The van der Waals surface area contributed by atoms with Crippen molar-refractivity contribution in [2.45, 2.75) is 112 Å². The molecule has 5 heterocycles. The van der Waals surface area contributed by atoms with Crippen molar-refractivity contribution < 1.29 is 73.1 Å². The van der Waals surface area contributed by atoms with Crippen LogP contribution in [0.1, 0.15) is 62.9 Å².